The zero-order chi connectivity index (χ0) is 22.6. The molecule has 33 heavy (non-hydrogen) atoms. The van der Waals surface area contributed by atoms with Gasteiger partial charge in [-0.15, -0.1) is 0 Å². The zero-order valence-electron chi connectivity index (χ0n) is 19.0. The number of amides is 1. The van der Waals surface area contributed by atoms with Gasteiger partial charge in [-0.25, -0.2) is 0 Å². The first-order chi connectivity index (χ1) is 16.2. The average molecular weight is 443 g/mol. The van der Waals surface area contributed by atoms with E-state index in [-0.39, 0.29) is 5.91 Å². The summed E-state index contributed by atoms with van der Waals surface area (Å²) in [4.78, 5) is 15.2. The van der Waals surface area contributed by atoms with Gasteiger partial charge in [-0.1, -0.05) is 42.5 Å². The summed E-state index contributed by atoms with van der Waals surface area (Å²) in [5.74, 6) is 1.49. The van der Waals surface area contributed by atoms with Crippen molar-refractivity contribution >= 4 is 27.6 Å². The summed E-state index contributed by atoms with van der Waals surface area (Å²) < 4.78 is 11.0. The second kappa shape index (κ2) is 9.67. The molecule has 0 aliphatic carbocycles. The Labute approximate surface area is 194 Å². The third-order valence-corrected chi connectivity index (χ3v) is 6.75. The van der Waals surface area contributed by atoms with E-state index in [0.717, 1.165) is 72.1 Å². The lowest BCUT2D eigenvalue weighted by atomic mass is 9.96. The van der Waals surface area contributed by atoms with Crippen LogP contribution in [0.15, 0.2) is 71.3 Å². The summed E-state index contributed by atoms with van der Waals surface area (Å²) in [5.41, 5.74) is 3.09. The highest BCUT2D eigenvalue weighted by atomic mass is 16.5. The van der Waals surface area contributed by atoms with Gasteiger partial charge in [0, 0.05) is 24.0 Å². The molecule has 1 saturated heterocycles. The smallest absolute Gasteiger partial charge is 0.224 e. The first kappa shape index (κ1) is 21.5. The van der Waals surface area contributed by atoms with Crippen LogP contribution in [0, 0.1) is 5.92 Å². The number of ether oxygens (including phenoxy) is 1. The number of hydrogen-bond acceptors (Lipinski definition) is 4. The predicted octanol–water partition coefficient (Wildman–Crippen LogP) is 5.17. The van der Waals surface area contributed by atoms with Gasteiger partial charge in [0.2, 0.25) is 5.91 Å². The number of fused-ring (bicyclic) bond motifs is 3. The molecular weight excluding hydrogens is 412 g/mol. The molecule has 0 spiro atoms. The number of benzene rings is 3. The highest BCUT2D eigenvalue weighted by Crippen LogP contribution is 2.30. The minimum absolute atomic E-state index is 0.0614. The summed E-state index contributed by atoms with van der Waals surface area (Å²) in [7, 11) is 1.69. The van der Waals surface area contributed by atoms with Crippen molar-refractivity contribution in [3.63, 3.8) is 0 Å². The molecule has 5 rings (SSSR count). The summed E-state index contributed by atoms with van der Waals surface area (Å²) >= 11 is 0. The molecule has 0 atom stereocenters. The highest BCUT2D eigenvalue weighted by Gasteiger charge is 2.20. The lowest BCUT2D eigenvalue weighted by Gasteiger charge is -2.32. The number of piperidine rings is 1. The number of furan rings is 1. The van der Waals surface area contributed by atoms with Crippen LogP contribution >= 0.6 is 0 Å². The number of hydrogen-bond donors (Lipinski definition) is 1. The van der Waals surface area contributed by atoms with Gasteiger partial charge in [0.1, 0.15) is 11.3 Å². The molecule has 1 fully saturated rings. The van der Waals surface area contributed by atoms with Gasteiger partial charge in [0.15, 0.2) is 0 Å². The maximum atomic E-state index is 12.7. The normalized spacial score (nSPS) is 15.2. The molecule has 4 aromatic rings. The van der Waals surface area contributed by atoms with Crippen molar-refractivity contribution in [2.75, 3.05) is 26.7 Å². The number of likely N-dealkylation sites (tertiary alicyclic amines) is 1. The second-order valence-corrected chi connectivity index (χ2v) is 8.97. The van der Waals surface area contributed by atoms with Crippen molar-refractivity contribution in [2.45, 2.75) is 25.8 Å². The minimum Gasteiger partial charge on any atom is -0.497 e. The summed E-state index contributed by atoms with van der Waals surface area (Å²) in [6, 6.07) is 20.6. The molecule has 2 heterocycles. The molecule has 1 aliphatic rings. The van der Waals surface area contributed by atoms with E-state index in [1.807, 2.05) is 30.3 Å². The van der Waals surface area contributed by atoms with Gasteiger partial charge in [-0.05, 0) is 66.4 Å². The Morgan fingerprint density at radius 2 is 1.85 bits per heavy atom. The van der Waals surface area contributed by atoms with Crippen LogP contribution in [-0.2, 0) is 17.8 Å². The van der Waals surface area contributed by atoms with Crippen molar-refractivity contribution in [3.05, 3.63) is 78.1 Å². The lowest BCUT2D eigenvalue weighted by Crippen LogP contribution is -2.38. The van der Waals surface area contributed by atoms with Crippen molar-refractivity contribution in [2.24, 2.45) is 5.92 Å². The van der Waals surface area contributed by atoms with Gasteiger partial charge in [-0.2, -0.15) is 0 Å². The topological polar surface area (TPSA) is 54.7 Å². The Morgan fingerprint density at radius 1 is 1.06 bits per heavy atom. The molecule has 1 N–H and O–H groups in total. The van der Waals surface area contributed by atoms with Gasteiger partial charge < -0.3 is 14.5 Å². The Bertz CT molecular complexity index is 1240. The van der Waals surface area contributed by atoms with E-state index in [4.69, 9.17) is 9.15 Å². The van der Waals surface area contributed by atoms with Crippen LogP contribution in [0.3, 0.4) is 0 Å². The van der Waals surface area contributed by atoms with Gasteiger partial charge >= 0.3 is 0 Å². The average Bonchev–Trinajstić information content (AvgIpc) is 3.27. The Balaban J connectivity index is 1.12. The maximum Gasteiger partial charge on any atom is 0.224 e. The van der Waals surface area contributed by atoms with E-state index in [1.165, 1.54) is 5.56 Å². The molecule has 0 unspecified atom stereocenters. The number of nitrogens with zero attached hydrogens (tertiary/aromatic N) is 1. The van der Waals surface area contributed by atoms with Crippen LogP contribution in [0.1, 0.15) is 24.0 Å². The largest absolute Gasteiger partial charge is 0.497 e. The van der Waals surface area contributed by atoms with Gasteiger partial charge in [0.25, 0.3) is 0 Å². The fourth-order valence-corrected chi connectivity index (χ4v) is 4.84. The van der Waals surface area contributed by atoms with E-state index >= 15 is 0 Å². The van der Waals surface area contributed by atoms with E-state index in [9.17, 15) is 4.79 Å². The molecular formula is C28H30N2O3. The fraction of sp³-hybridized carbons (Fsp3) is 0.321. The van der Waals surface area contributed by atoms with Crippen LogP contribution in [0.4, 0.5) is 0 Å². The quantitative estimate of drug-likeness (QED) is 0.429. The van der Waals surface area contributed by atoms with E-state index in [2.05, 4.69) is 40.5 Å². The third-order valence-electron chi connectivity index (χ3n) is 6.75. The van der Waals surface area contributed by atoms with Crippen molar-refractivity contribution < 1.29 is 13.9 Å². The van der Waals surface area contributed by atoms with Crippen LogP contribution < -0.4 is 10.1 Å². The molecule has 5 nitrogen and oxygen atoms in total. The number of nitrogens with one attached hydrogen (secondary N) is 1. The first-order valence-corrected chi connectivity index (χ1v) is 11.7. The molecule has 1 amide bonds. The molecule has 5 heteroatoms. The fourth-order valence-electron chi connectivity index (χ4n) is 4.84. The SMILES string of the molecule is COc1ccc(CN2CCC(CNC(=O)Cc3coc4ccc5ccccc5c34)CC2)cc1. The van der Waals surface area contributed by atoms with Crippen molar-refractivity contribution in [3.8, 4) is 5.75 Å². The monoisotopic (exact) mass is 442 g/mol. The molecule has 0 radical (unpaired) electrons. The van der Waals surface area contributed by atoms with Crippen molar-refractivity contribution in [1.29, 1.82) is 0 Å². The Kier molecular flexibility index (Phi) is 6.31. The van der Waals surface area contributed by atoms with E-state index < -0.39 is 0 Å². The van der Waals surface area contributed by atoms with Crippen LogP contribution in [0.5, 0.6) is 5.75 Å². The lowest BCUT2D eigenvalue weighted by molar-refractivity contribution is -0.120. The number of rotatable bonds is 7. The number of carbonyl (C=O) groups is 1. The molecule has 170 valence electrons. The standard InChI is InChI=1S/C28H30N2O3/c1-32-24-9-6-21(7-10-24)18-30-14-12-20(13-15-30)17-29-27(31)16-23-19-33-26-11-8-22-4-2-3-5-25(22)28(23)26/h2-11,19-20H,12-18H2,1H3,(H,29,31). The third kappa shape index (κ3) is 4.88. The number of methoxy groups -OCH3 is 1. The Morgan fingerprint density at radius 3 is 2.64 bits per heavy atom. The van der Waals surface area contributed by atoms with Crippen LogP contribution in [0.25, 0.3) is 21.7 Å². The molecule has 3 aromatic carbocycles. The highest BCUT2D eigenvalue weighted by molar-refractivity contribution is 6.08. The van der Waals surface area contributed by atoms with Crippen LogP contribution in [-0.4, -0.2) is 37.6 Å². The molecule has 0 bridgehead atoms. The summed E-state index contributed by atoms with van der Waals surface area (Å²) in [6.07, 6.45) is 4.29. The molecule has 0 saturated carbocycles. The predicted molar refractivity (Wildman–Crippen MR) is 131 cm³/mol. The summed E-state index contributed by atoms with van der Waals surface area (Å²) in [6.45, 7) is 3.83. The zero-order valence-corrected chi connectivity index (χ0v) is 19.0. The van der Waals surface area contributed by atoms with E-state index in [0.29, 0.717) is 12.3 Å². The van der Waals surface area contributed by atoms with Crippen LogP contribution in [0.2, 0.25) is 0 Å². The first-order valence-electron chi connectivity index (χ1n) is 11.7. The van der Waals surface area contributed by atoms with E-state index in [1.54, 1.807) is 13.4 Å². The van der Waals surface area contributed by atoms with Gasteiger partial charge in [0.05, 0.1) is 19.8 Å². The number of carbonyl (C=O) groups excluding carboxylic acids is 1. The van der Waals surface area contributed by atoms with Gasteiger partial charge in [-0.3, -0.25) is 9.69 Å². The molecule has 1 aliphatic heterocycles. The minimum atomic E-state index is 0.0614. The molecule has 1 aromatic heterocycles. The second-order valence-electron chi connectivity index (χ2n) is 8.97. The summed E-state index contributed by atoms with van der Waals surface area (Å²) in [5, 5.41) is 6.52. The Hall–Kier alpha value is -3.31. The van der Waals surface area contributed by atoms with Crippen molar-refractivity contribution in [1.82, 2.24) is 10.2 Å². The maximum absolute atomic E-state index is 12.7.